The number of halogens is 1. The van der Waals surface area contributed by atoms with E-state index >= 15 is 0 Å². The fraction of sp³-hybridized carbons (Fsp3) is 0.615. The van der Waals surface area contributed by atoms with E-state index in [4.69, 9.17) is 4.43 Å². The van der Waals surface area contributed by atoms with E-state index in [2.05, 4.69) is 54.8 Å². The van der Waals surface area contributed by atoms with Crippen LogP contribution < -0.4 is 0 Å². The molecule has 1 rings (SSSR count). The molecule has 0 bridgehead atoms. The zero-order valence-corrected chi connectivity index (χ0v) is 14.2. The van der Waals surface area contributed by atoms with Gasteiger partial charge in [-0.1, -0.05) is 36.7 Å². The van der Waals surface area contributed by atoms with Gasteiger partial charge < -0.3 is 4.43 Å². The molecule has 1 aromatic rings. The first kappa shape index (κ1) is 14.9. The largest absolute Gasteiger partial charge is 0.411 e. The molecule has 0 unspecified atom stereocenters. The van der Waals surface area contributed by atoms with Gasteiger partial charge in [0, 0.05) is 10.2 Å². The summed E-state index contributed by atoms with van der Waals surface area (Å²) in [5.41, 5.74) is 2.02. The Morgan fingerprint density at radius 2 is 1.88 bits per heavy atom. The fourth-order valence-corrected chi connectivity index (χ4v) is 2.77. The maximum absolute atomic E-state index is 6.15. The van der Waals surface area contributed by atoms with Crippen molar-refractivity contribution in [3.63, 3.8) is 0 Å². The van der Waals surface area contributed by atoms with E-state index in [0.717, 1.165) is 15.9 Å². The molecule has 0 spiro atoms. The molecule has 0 aliphatic heterocycles. The Bertz CT molecular complexity index is 379. The second-order valence-corrected chi connectivity index (χ2v) is 11.7. The lowest BCUT2D eigenvalue weighted by Gasteiger charge is -2.36. The van der Waals surface area contributed by atoms with E-state index in [1.807, 2.05) is 19.1 Å². The Morgan fingerprint density at radius 1 is 1.29 bits per heavy atom. The van der Waals surface area contributed by atoms with Crippen LogP contribution in [-0.4, -0.2) is 13.3 Å². The maximum atomic E-state index is 6.15. The van der Waals surface area contributed by atoms with Gasteiger partial charge in [-0.05, 0) is 37.2 Å². The molecule has 0 aliphatic rings. The zero-order chi connectivity index (χ0) is 13.3. The van der Waals surface area contributed by atoms with Crippen LogP contribution in [0, 0.1) is 6.92 Å². The van der Waals surface area contributed by atoms with E-state index < -0.39 is 8.32 Å². The molecule has 1 aromatic heterocycles. The van der Waals surface area contributed by atoms with Crippen molar-refractivity contribution in [2.24, 2.45) is 0 Å². The summed E-state index contributed by atoms with van der Waals surface area (Å²) < 4.78 is 7.21. The smallest absolute Gasteiger partial charge is 0.192 e. The number of pyridine rings is 1. The van der Waals surface area contributed by atoms with Crippen LogP contribution in [0.3, 0.4) is 0 Å². The lowest BCUT2D eigenvalue weighted by Crippen LogP contribution is -2.40. The molecule has 0 radical (unpaired) electrons. The first-order valence-corrected chi connectivity index (χ1v) is 9.59. The normalized spacial score (nSPS) is 12.9. The molecule has 0 aliphatic carbocycles. The molecule has 96 valence electrons. The standard InChI is InChI=1S/C13H22BrNOSi/c1-10-7-11(14)8-12(15-10)9-16-17(5,6)13(2,3)4/h7-8H,9H2,1-6H3. The van der Waals surface area contributed by atoms with Gasteiger partial charge >= 0.3 is 0 Å². The molecule has 2 nitrogen and oxygen atoms in total. The predicted molar refractivity (Wildman–Crippen MR) is 78.7 cm³/mol. The van der Waals surface area contributed by atoms with Crippen LogP contribution in [0.4, 0.5) is 0 Å². The molecule has 0 saturated carbocycles. The Labute approximate surface area is 114 Å². The van der Waals surface area contributed by atoms with Gasteiger partial charge in [0.1, 0.15) is 0 Å². The predicted octanol–water partition coefficient (Wildman–Crippen LogP) is 4.67. The third-order valence-electron chi connectivity index (χ3n) is 3.36. The fourth-order valence-electron chi connectivity index (χ4n) is 1.24. The Morgan fingerprint density at radius 3 is 2.35 bits per heavy atom. The summed E-state index contributed by atoms with van der Waals surface area (Å²) >= 11 is 3.49. The lowest BCUT2D eigenvalue weighted by atomic mass is 10.2. The highest BCUT2D eigenvalue weighted by Crippen LogP contribution is 2.37. The van der Waals surface area contributed by atoms with Gasteiger partial charge in [0.05, 0.1) is 12.3 Å². The quantitative estimate of drug-likeness (QED) is 0.756. The second-order valence-electron chi connectivity index (χ2n) is 5.97. The van der Waals surface area contributed by atoms with Gasteiger partial charge in [-0.3, -0.25) is 4.98 Å². The minimum absolute atomic E-state index is 0.244. The molecule has 0 amide bonds. The average Bonchev–Trinajstić information content (AvgIpc) is 2.11. The number of aromatic nitrogens is 1. The molecule has 4 heteroatoms. The number of hydrogen-bond donors (Lipinski definition) is 0. The third kappa shape index (κ3) is 4.19. The van der Waals surface area contributed by atoms with Crippen molar-refractivity contribution in [2.75, 3.05) is 0 Å². The molecule has 17 heavy (non-hydrogen) atoms. The molecule has 0 N–H and O–H groups in total. The first-order chi connectivity index (χ1) is 7.62. The highest BCUT2D eigenvalue weighted by molar-refractivity contribution is 9.10. The van der Waals surface area contributed by atoms with E-state index in [1.165, 1.54) is 0 Å². The summed E-state index contributed by atoms with van der Waals surface area (Å²) in [6.07, 6.45) is 0. The van der Waals surface area contributed by atoms with Crippen LogP contribution in [0.5, 0.6) is 0 Å². The summed E-state index contributed by atoms with van der Waals surface area (Å²) in [4.78, 5) is 4.49. The highest BCUT2D eigenvalue weighted by Gasteiger charge is 2.37. The molecule has 0 aromatic carbocycles. The first-order valence-electron chi connectivity index (χ1n) is 5.89. The van der Waals surface area contributed by atoms with Crippen LogP contribution in [0.25, 0.3) is 0 Å². The summed E-state index contributed by atoms with van der Waals surface area (Å²) in [6, 6.07) is 4.04. The monoisotopic (exact) mass is 315 g/mol. The van der Waals surface area contributed by atoms with Gasteiger partial charge in [-0.15, -0.1) is 0 Å². The number of aryl methyl sites for hydroxylation is 1. The Balaban J connectivity index is 2.74. The molecule has 0 fully saturated rings. The van der Waals surface area contributed by atoms with Gasteiger partial charge in [-0.2, -0.15) is 0 Å². The van der Waals surface area contributed by atoms with Crippen molar-refractivity contribution in [1.29, 1.82) is 0 Å². The van der Waals surface area contributed by atoms with E-state index in [-0.39, 0.29) is 5.04 Å². The SMILES string of the molecule is Cc1cc(Br)cc(CO[Si](C)(C)C(C)(C)C)n1. The molecule has 1 heterocycles. The van der Waals surface area contributed by atoms with Gasteiger partial charge in [0.25, 0.3) is 0 Å². The minimum atomic E-state index is -1.68. The molecular formula is C13H22BrNOSi. The Hall–Kier alpha value is -0.193. The van der Waals surface area contributed by atoms with Crippen molar-refractivity contribution in [3.05, 3.63) is 28.0 Å². The average molecular weight is 316 g/mol. The highest BCUT2D eigenvalue weighted by atomic mass is 79.9. The van der Waals surface area contributed by atoms with Crippen LogP contribution in [0.2, 0.25) is 18.1 Å². The zero-order valence-electron chi connectivity index (χ0n) is 11.6. The van der Waals surface area contributed by atoms with Gasteiger partial charge in [0.15, 0.2) is 8.32 Å². The molecule has 0 saturated heterocycles. The van der Waals surface area contributed by atoms with Gasteiger partial charge in [0.2, 0.25) is 0 Å². The second kappa shape index (κ2) is 5.20. The van der Waals surface area contributed by atoms with Crippen LogP contribution in [0.15, 0.2) is 16.6 Å². The number of rotatable bonds is 3. The molecular weight excluding hydrogens is 294 g/mol. The number of hydrogen-bond acceptors (Lipinski definition) is 2. The number of nitrogens with zero attached hydrogens (tertiary/aromatic N) is 1. The van der Waals surface area contributed by atoms with Crippen molar-refractivity contribution >= 4 is 24.2 Å². The maximum Gasteiger partial charge on any atom is 0.192 e. The van der Waals surface area contributed by atoms with Crippen LogP contribution in [-0.2, 0) is 11.0 Å². The Kier molecular flexibility index (Phi) is 4.55. The third-order valence-corrected chi connectivity index (χ3v) is 8.29. The summed E-state index contributed by atoms with van der Waals surface area (Å²) in [5, 5.41) is 0.244. The van der Waals surface area contributed by atoms with E-state index in [0.29, 0.717) is 6.61 Å². The van der Waals surface area contributed by atoms with Crippen molar-refractivity contribution in [1.82, 2.24) is 4.98 Å². The van der Waals surface area contributed by atoms with Gasteiger partial charge in [-0.25, -0.2) is 0 Å². The minimum Gasteiger partial charge on any atom is -0.411 e. The van der Waals surface area contributed by atoms with Crippen molar-refractivity contribution < 1.29 is 4.43 Å². The van der Waals surface area contributed by atoms with E-state index in [9.17, 15) is 0 Å². The summed E-state index contributed by atoms with van der Waals surface area (Å²) in [6.45, 7) is 13.9. The summed E-state index contributed by atoms with van der Waals surface area (Å²) in [7, 11) is -1.68. The van der Waals surface area contributed by atoms with E-state index in [1.54, 1.807) is 0 Å². The van der Waals surface area contributed by atoms with Crippen molar-refractivity contribution in [3.8, 4) is 0 Å². The topological polar surface area (TPSA) is 22.1 Å². The van der Waals surface area contributed by atoms with Crippen LogP contribution in [0.1, 0.15) is 32.2 Å². The van der Waals surface area contributed by atoms with Crippen molar-refractivity contribution in [2.45, 2.75) is 52.4 Å². The lowest BCUT2D eigenvalue weighted by molar-refractivity contribution is 0.272. The summed E-state index contributed by atoms with van der Waals surface area (Å²) in [5.74, 6) is 0. The molecule has 0 atom stereocenters. The van der Waals surface area contributed by atoms with Crippen LogP contribution >= 0.6 is 15.9 Å².